The lowest BCUT2D eigenvalue weighted by atomic mass is 10.1. The number of aromatic amines is 1. The van der Waals surface area contributed by atoms with E-state index in [4.69, 9.17) is 17.0 Å². The average Bonchev–Trinajstić information content (AvgIpc) is 2.37. The molecule has 0 saturated heterocycles. The Bertz CT molecular complexity index is 647. The number of methoxy groups -OCH3 is 1. The van der Waals surface area contributed by atoms with Crippen molar-refractivity contribution < 1.29 is 4.74 Å². The van der Waals surface area contributed by atoms with E-state index in [0.29, 0.717) is 10.6 Å². The normalized spacial score (nSPS) is 10.8. The summed E-state index contributed by atoms with van der Waals surface area (Å²) in [6.45, 7) is 6.27. The van der Waals surface area contributed by atoms with Gasteiger partial charge in [0.25, 0.3) is 0 Å². The van der Waals surface area contributed by atoms with Crippen LogP contribution in [0.2, 0.25) is 0 Å². The number of rotatable bonds is 3. The molecular formula is C15H18N2OS. The molecule has 0 aliphatic heterocycles. The van der Waals surface area contributed by atoms with Crippen molar-refractivity contribution in [2.75, 3.05) is 7.11 Å². The minimum absolute atomic E-state index is 0.391. The lowest BCUT2D eigenvalue weighted by molar-refractivity contribution is 0.412. The second-order valence-corrected chi connectivity index (χ2v) is 5.28. The summed E-state index contributed by atoms with van der Waals surface area (Å²) in [5, 5.41) is 0. The molecule has 1 aromatic heterocycles. The van der Waals surface area contributed by atoms with Gasteiger partial charge in [0.15, 0.2) is 0 Å². The highest BCUT2D eigenvalue weighted by Gasteiger charge is 2.07. The summed E-state index contributed by atoms with van der Waals surface area (Å²) in [5.41, 5.74) is 3.20. The van der Waals surface area contributed by atoms with Crippen molar-refractivity contribution in [1.82, 2.24) is 9.97 Å². The maximum absolute atomic E-state index is 5.27. The Balaban J connectivity index is 2.52. The molecule has 3 nitrogen and oxygen atoms in total. The number of benzene rings is 1. The van der Waals surface area contributed by atoms with Crippen LogP contribution in [0.15, 0.2) is 24.3 Å². The first-order chi connectivity index (χ1) is 9.01. The minimum atomic E-state index is 0.391. The Morgan fingerprint density at radius 3 is 2.58 bits per heavy atom. The fourth-order valence-corrected chi connectivity index (χ4v) is 2.17. The van der Waals surface area contributed by atoms with Crippen LogP contribution in [0.5, 0.6) is 5.75 Å². The van der Waals surface area contributed by atoms with Gasteiger partial charge in [0, 0.05) is 11.3 Å². The van der Waals surface area contributed by atoms with Gasteiger partial charge >= 0.3 is 0 Å². The zero-order chi connectivity index (χ0) is 14.0. The van der Waals surface area contributed by atoms with Gasteiger partial charge in [-0.3, -0.25) is 0 Å². The molecule has 0 unspecified atom stereocenters. The number of nitrogens with one attached hydrogen (secondary N) is 1. The largest absolute Gasteiger partial charge is 0.496 e. The minimum Gasteiger partial charge on any atom is -0.496 e. The van der Waals surface area contributed by atoms with E-state index in [0.717, 1.165) is 28.4 Å². The number of nitrogens with zero attached hydrogens (tertiary/aromatic N) is 1. The number of ether oxygens (including phenoxy) is 1. The highest BCUT2D eigenvalue weighted by atomic mass is 32.1. The molecule has 0 aliphatic rings. The molecule has 0 saturated carbocycles. The molecule has 100 valence electrons. The Morgan fingerprint density at radius 2 is 2.00 bits per heavy atom. The summed E-state index contributed by atoms with van der Waals surface area (Å²) in [6, 6.07) is 7.91. The Hall–Kier alpha value is -1.68. The van der Waals surface area contributed by atoms with E-state index < -0.39 is 0 Å². The van der Waals surface area contributed by atoms with Crippen molar-refractivity contribution in [3.63, 3.8) is 0 Å². The van der Waals surface area contributed by atoms with E-state index >= 15 is 0 Å². The van der Waals surface area contributed by atoms with Crippen LogP contribution < -0.4 is 4.74 Å². The average molecular weight is 274 g/mol. The fourth-order valence-electron chi connectivity index (χ4n) is 1.95. The van der Waals surface area contributed by atoms with Crippen LogP contribution in [0.4, 0.5) is 0 Å². The summed E-state index contributed by atoms with van der Waals surface area (Å²) >= 11 is 5.23. The topological polar surface area (TPSA) is 37.9 Å². The highest BCUT2D eigenvalue weighted by Crippen LogP contribution is 2.24. The lowest BCUT2D eigenvalue weighted by Crippen LogP contribution is -1.98. The summed E-state index contributed by atoms with van der Waals surface area (Å²) in [4.78, 5) is 7.75. The molecule has 0 amide bonds. The molecule has 0 atom stereocenters. The predicted molar refractivity (Wildman–Crippen MR) is 80.2 cm³/mol. The van der Waals surface area contributed by atoms with Crippen molar-refractivity contribution in [2.24, 2.45) is 0 Å². The molecule has 0 aliphatic carbocycles. The van der Waals surface area contributed by atoms with Gasteiger partial charge in [0.2, 0.25) is 0 Å². The van der Waals surface area contributed by atoms with Crippen molar-refractivity contribution in [3.8, 4) is 17.1 Å². The van der Waals surface area contributed by atoms with E-state index in [1.54, 1.807) is 7.11 Å². The van der Waals surface area contributed by atoms with Crippen molar-refractivity contribution in [1.29, 1.82) is 0 Å². The van der Waals surface area contributed by atoms with Crippen LogP contribution in [0.25, 0.3) is 11.4 Å². The molecule has 0 radical (unpaired) electrons. The molecular weight excluding hydrogens is 256 g/mol. The van der Waals surface area contributed by atoms with Crippen LogP contribution >= 0.6 is 12.2 Å². The fraction of sp³-hybridized carbons (Fsp3) is 0.333. The van der Waals surface area contributed by atoms with Crippen LogP contribution in [0.1, 0.15) is 31.0 Å². The summed E-state index contributed by atoms with van der Waals surface area (Å²) in [5.74, 6) is 2.08. The molecule has 0 spiro atoms. The van der Waals surface area contributed by atoms with E-state index in [2.05, 4.69) is 29.9 Å². The highest BCUT2D eigenvalue weighted by molar-refractivity contribution is 7.71. The number of H-pyrrole nitrogens is 1. The SMILES string of the molecule is COc1ccc(-c2nc(=S)cc(C(C)C)[nH]2)cc1C. The molecule has 0 fully saturated rings. The van der Waals surface area contributed by atoms with E-state index in [-0.39, 0.29) is 0 Å². The maximum atomic E-state index is 5.27. The van der Waals surface area contributed by atoms with Gasteiger partial charge < -0.3 is 9.72 Å². The second kappa shape index (κ2) is 5.53. The number of hydrogen-bond acceptors (Lipinski definition) is 3. The van der Waals surface area contributed by atoms with E-state index in [1.165, 1.54) is 0 Å². The van der Waals surface area contributed by atoms with Crippen LogP contribution in [0, 0.1) is 11.6 Å². The van der Waals surface area contributed by atoms with Gasteiger partial charge in [0.1, 0.15) is 16.2 Å². The third-order valence-electron chi connectivity index (χ3n) is 3.05. The number of aromatic nitrogens is 2. The van der Waals surface area contributed by atoms with Crippen LogP contribution in [0.3, 0.4) is 0 Å². The molecule has 1 N–H and O–H groups in total. The summed E-state index contributed by atoms with van der Waals surface area (Å²) in [7, 11) is 1.67. The summed E-state index contributed by atoms with van der Waals surface area (Å²) < 4.78 is 5.89. The van der Waals surface area contributed by atoms with Gasteiger partial charge in [-0.15, -0.1) is 0 Å². The van der Waals surface area contributed by atoms with Crippen molar-refractivity contribution in [3.05, 3.63) is 40.2 Å². The monoisotopic (exact) mass is 274 g/mol. The molecule has 19 heavy (non-hydrogen) atoms. The number of hydrogen-bond donors (Lipinski definition) is 1. The first kappa shape index (κ1) is 13.7. The molecule has 2 aromatic rings. The van der Waals surface area contributed by atoms with Gasteiger partial charge in [0.05, 0.1) is 7.11 Å². The zero-order valence-electron chi connectivity index (χ0n) is 11.7. The molecule has 4 heteroatoms. The van der Waals surface area contributed by atoms with Crippen LogP contribution in [-0.4, -0.2) is 17.1 Å². The first-order valence-electron chi connectivity index (χ1n) is 6.27. The Labute approximate surface area is 118 Å². The van der Waals surface area contributed by atoms with Gasteiger partial charge in [-0.25, -0.2) is 4.98 Å². The Kier molecular flexibility index (Phi) is 4.00. The van der Waals surface area contributed by atoms with E-state index in [9.17, 15) is 0 Å². The van der Waals surface area contributed by atoms with Crippen molar-refractivity contribution in [2.45, 2.75) is 26.7 Å². The van der Waals surface area contributed by atoms with Gasteiger partial charge in [-0.2, -0.15) is 0 Å². The third-order valence-corrected chi connectivity index (χ3v) is 3.26. The zero-order valence-corrected chi connectivity index (χ0v) is 12.5. The number of aryl methyl sites for hydroxylation is 1. The summed E-state index contributed by atoms with van der Waals surface area (Å²) in [6.07, 6.45) is 0. The maximum Gasteiger partial charge on any atom is 0.139 e. The quantitative estimate of drug-likeness (QED) is 0.850. The van der Waals surface area contributed by atoms with Crippen molar-refractivity contribution >= 4 is 12.2 Å². The third kappa shape index (κ3) is 3.01. The standard InChI is InChI=1S/C15H18N2OS/c1-9(2)12-8-14(19)17-15(16-12)11-5-6-13(18-4)10(3)7-11/h5-9H,1-4H3,(H,16,17,19). The molecule has 2 rings (SSSR count). The predicted octanol–water partition coefficient (Wildman–Crippen LogP) is 4.25. The first-order valence-corrected chi connectivity index (χ1v) is 6.68. The smallest absolute Gasteiger partial charge is 0.139 e. The lowest BCUT2D eigenvalue weighted by Gasteiger charge is -2.10. The van der Waals surface area contributed by atoms with E-state index in [1.807, 2.05) is 25.1 Å². The van der Waals surface area contributed by atoms with Gasteiger partial charge in [-0.05, 0) is 42.7 Å². The Morgan fingerprint density at radius 1 is 1.26 bits per heavy atom. The molecule has 1 aromatic carbocycles. The second-order valence-electron chi connectivity index (χ2n) is 4.86. The van der Waals surface area contributed by atoms with Gasteiger partial charge in [-0.1, -0.05) is 26.1 Å². The molecule has 0 bridgehead atoms. The molecule has 1 heterocycles. The van der Waals surface area contributed by atoms with Crippen LogP contribution in [-0.2, 0) is 0 Å².